The summed E-state index contributed by atoms with van der Waals surface area (Å²) in [5.74, 6) is 1.32. The van der Waals surface area contributed by atoms with Crippen molar-refractivity contribution in [2.75, 3.05) is 26.0 Å². The van der Waals surface area contributed by atoms with E-state index in [4.69, 9.17) is 4.52 Å². The molecule has 0 aliphatic heterocycles. The molecule has 1 heterocycles. The lowest BCUT2D eigenvalue weighted by atomic mass is 10.3. The zero-order chi connectivity index (χ0) is 10.7. The topological polar surface area (TPSA) is 49.6 Å². The summed E-state index contributed by atoms with van der Waals surface area (Å²) in [6, 6.07) is 1.64. The largest absolute Gasteiger partial charge is 0.359 e. The molecule has 0 spiro atoms. The van der Waals surface area contributed by atoms with Crippen LogP contribution in [0.25, 0.3) is 0 Å². The number of aryl methyl sites for hydroxylation is 1. The third-order valence-electron chi connectivity index (χ3n) is 1.91. The molecule has 0 aliphatic rings. The van der Waals surface area contributed by atoms with E-state index >= 15 is 0 Å². The molecule has 5 heteroatoms. The Labute approximate surface area is 83.3 Å². The van der Waals surface area contributed by atoms with E-state index in [0.717, 1.165) is 12.2 Å². The second kappa shape index (κ2) is 4.13. The summed E-state index contributed by atoms with van der Waals surface area (Å²) in [4.78, 5) is 14.4. The number of hydrogen-bond acceptors (Lipinski definition) is 3. The fourth-order valence-corrected chi connectivity index (χ4v) is 1.02. The number of carbonyl (C=O) groups excluding carboxylic acids is 1. The summed E-state index contributed by atoms with van der Waals surface area (Å²) in [5, 5.41) is 3.79. The Balaban J connectivity index is 2.78. The predicted molar refractivity (Wildman–Crippen MR) is 53.4 cm³/mol. The summed E-state index contributed by atoms with van der Waals surface area (Å²) in [7, 11) is 5.05. The average molecular weight is 197 g/mol. The molecule has 0 N–H and O–H groups in total. The Kier molecular flexibility index (Phi) is 3.11. The molecule has 0 saturated carbocycles. The van der Waals surface area contributed by atoms with Gasteiger partial charge in [0.05, 0.1) is 0 Å². The van der Waals surface area contributed by atoms with Crippen LogP contribution in [0.15, 0.2) is 10.6 Å². The van der Waals surface area contributed by atoms with Gasteiger partial charge in [-0.3, -0.25) is 4.90 Å². The molecule has 1 rings (SSSR count). The van der Waals surface area contributed by atoms with Gasteiger partial charge in [-0.05, 0) is 0 Å². The highest BCUT2D eigenvalue weighted by molar-refractivity contribution is 5.89. The van der Waals surface area contributed by atoms with Crippen molar-refractivity contribution in [2.24, 2.45) is 0 Å². The van der Waals surface area contributed by atoms with Crippen molar-refractivity contribution < 1.29 is 9.32 Å². The molecule has 0 radical (unpaired) electrons. The fourth-order valence-electron chi connectivity index (χ4n) is 1.02. The van der Waals surface area contributed by atoms with Gasteiger partial charge in [0.1, 0.15) is 5.76 Å². The van der Waals surface area contributed by atoms with Crippen molar-refractivity contribution in [1.29, 1.82) is 0 Å². The molecule has 5 nitrogen and oxygen atoms in total. The van der Waals surface area contributed by atoms with E-state index in [1.165, 1.54) is 9.80 Å². The van der Waals surface area contributed by atoms with E-state index in [2.05, 4.69) is 5.16 Å². The number of hydrogen-bond donors (Lipinski definition) is 0. The Bertz CT molecular complexity index is 320. The fraction of sp³-hybridized carbons (Fsp3) is 0.556. The van der Waals surface area contributed by atoms with Gasteiger partial charge in [0.2, 0.25) is 0 Å². The Hall–Kier alpha value is -1.52. The van der Waals surface area contributed by atoms with Gasteiger partial charge in [-0.2, -0.15) is 0 Å². The van der Waals surface area contributed by atoms with Crippen LogP contribution >= 0.6 is 0 Å². The standard InChI is InChI=1S/C9H15N3O2/c1-5-7-6-8(10-14-7)12(4)9(13)11(2)3/h6H,5H2,1-4H3. The van der Waals surface area contributed by atoms with Gasteiger partial charge in [-0.25, -0.2) is 4.79 Å². The van der Waals surface area contributed by atoms with Crippen LogP contribution in [-0.2, 0) is 6.42 Å². The lowest BCUT2D eigenvalue weighted by Gasteiger charge is -2.18. The molecule has 0 aliphatic carbocycles. The van der Waals surface area contributed by atoms with Crippen LogP contribution in [0.5, 0.6) is 0 Å². The molecule has 0 atom stereocenters. The minimum atomic E-state index is -0.124. The Morgan fingerprint density at radius 3 is 2.57 bits per heavy atom. The SMILES string of the molecule is CCc1cc(N(C)C(=O)N(C)C)no1. The van der Waals surface area contributed by atoms with Crippen molar-refractivity contribution >= 4 is 11.8 Å². The zero-order valence-corrected chi connectivity index (χ0v) is 8.94. The molecule has 1 aromatic rings. The average Bonchev–Trinajstić information content (AvgIpc) is 2.63. The monoisotopic (exact) mass is 197 g/mol. The molecule has 0 unspecified atom stereocenters. The highest BCUT2D eigenvalue weighted by Crippen LogP contribution is 2.14. The minimum absolute atomic E-state index is 0.124. The van der Waals surface area contributed by atoms with E-state index < -0.39 is 0 Å². The summed E-state index contributed by atoms with van der Waals surface area (Å²) in [6.45, 7) is 1.97. The van der Waals surface area contributed by atoms with Crippen molar-refractivity contribution in [1.82, 2.24) is 10.1 Å². The van der Waals surface area contributed by atoms with Gasteiger partial charge in [-0.15, -0.1) is 0 Å². The third kappa shape index (κ3) is 2.04. The van der Waals surface area contributed by atoms with Crippen LogP contribution in [0.4, 0.5) is 10.6 Å². The second-order valence-electron chi connectivity index (χ2n) is 3.24. The molecule has 0 saturated heterocycles. The van der Waals surface area contributed by atoms with Gasteiger partial charge < -0.3 is 9.42 Å². The first-order valence-corrected chi connectivity index (χ1v) is 4.46. The number of aromatic nitrogens is 1. The highest BCUT2D eigenvalue weighted by atomic mass is 16.5. The first-order chi connectivity index (χ1) is 6.56. The molecule has 0 aromatic carbocycles. The number of carbonyl (C=O) groups is 1. The van der Waals surface area contributed by atoms with E-state index in [9.17, 15) is 4.79 Å². The Morgan fingerprint density at radius 2 is 2.14 bits per heavy atom. The van der Waals surface area contributed by atoms with Crippen molar-refractivity contribution in [3.8, 4) is 0 Å². The highest BCUT2D eigenvalue weighted by Gasteiger charge is 2.16. The van der Waals surface area contributed by atoms with E-state index in [-0.39, 0.29) is 6.03 Å². The predicted octanol–water partition coefficient (Wildman–Crippen LogP) is 1.35. The first-order valence-electron chi connectivity index (χ1n) is 4.46. The van der Waals surface area contributed by atoms with Crippen LogP contribution in [-0.4, -0.2) is 37.2 Å². The summed E-state index contributed by atoms with van der Waals surface area (Å²) < 4.78 is 5.00. The molecular weight excluding hydrogens is 182 g/mol. The molecular formula is C9H15N3O2. The van der Waals surface area contributed by atoms with Gasteiger partial charge in [-0.1, -0.05) is 12.1 Å². The van der Waals surface area contributed by atoms with Crippen LogP contribution in [0, 0.1) is 0 Å². The summed E-state index contributed by atoms with van der Waals surface area (Å²) in [5.41, 5.74) is 0. The lowest BCUT2D eigenvalue weighted by molar-refractivity contribution is 0.224. The maximum atomic E-state index is 11.5. The van der Waals surface area contributed by atoms with Crippen LogP contribution in [0.1, 0.15) is 12.7 Å². The van der Waals surface area contributed by atoms with E-state index in [1.807, 2.05) is 6.92 Å². The molecule has 78 valence electrons. The smallest absolute Gasteiger partial charge is 0.324 e. The number of anilines is 1. The first kappa shape index (κ1) is 10.6. The van der Waals surface area contributed by atoms with Crippen LogP contribution < -0.4 is 4.90 Å². The number of nitrogens with zero attached hydrogens (tertiary/aromatic N) is 3. The van der Waals surface area contributed by atoms with E-state index in [0.29, 0.717) is 5.82 Å². The van der Waals surface area contributed by atoms with Gasteiger partial charge in [0.25, 0.3) is 0 Å². The third-order valence-corrected chi connectivity index (χ3v) is 1.91. The summed E-state index contributed by atoms with van der Waals surface area (Å²) >= 11 is 0. The van der Waals surface area contributed by atoms with Crippen LogP contribution in [0.3, 0.4) is 0 Å². The lowest BCUT2D eigenvalue weighted by Crippen LogP contribution is -2.36. The summed E-state index contributed by atoms with van der Waals surface area (Å²) in [6.07, 6.45) is 0.775. The van der Waals surface area contributed by atoms with Gasteiger partial charge in [0, 0.05) is 33.6 Å². The molecule has 2 amide bonds. The normalized spacial score (nSPS) is 10.0. The maximum absolute atomic E-state index is 11.5. The van der Waals surface area contributed by atoms with Crippen molar-refractivity contribution in [3.63, 3.8) is 0 Å². The van der Waals surface area contributed by atoms with E-state index in [1.54, 1.807) is 27.2 Å². The van der Waals surface area contributed by atoms with Crippen molar-refractivity contribution in [2.45, 2.75) is 13.3 Å². The molecule has 0 fully saturated rings. The molecule has 14 heavy (non-hydrogen) atoms. The van der Waals surface area contributed by atoms with Gasteiger partial charge >= 0.3 is 6.03 Å². The minimum Gasteiger partial charge on any atom is -0.359 e. The van der Waals surface area contributed by atoms with Crippen molar-refractivity contribution in [3.05, 3.63) is 11.8 Å². The van der Waals surface area contributed by atoms with Gasteiger partial charge in [0.15, 0.2) is 5.82 Å². The molecule has 0 bridgehead atoms. The zero-order valence-electron chi connectivity index (χ0n) is 8.94. The second-order valence-corrected chi connectivity index (χ2v) is 3.24. The number of rotatable bonds is 2. The van der Waals surface area contributed by atoms with Crippen LogP contribution in [0.2, 0.25) is 0 Å². The molecule has 1 aromatic heterocycles. The number of urea groups is 1. The Morgan fingerprint density at radius 1 is 1.50 bits per heavy atom. The quantitative estimate of drug-likeness (QED) is 0.719. The number of amides is 2. The maximum Gasteiger partial charge on any atom is 0.324 e.